The molecule has 3 rings (SSSR count). The number of aromatic nitrogens is 3. The summed E-state index contributed by atoms with van der Waals surface area (Å²) in [4.78, 5) is 9.36. The van der Waals surface area contributed by atoms with Crippen molar-refractivity contribution in [1.82, 2.24) is 14.5 Å². The molecule has 0 N–H and O–H groups in total. The summed E-state index contributed by atoms with van der Waals surface area (Å²) < 4.78 is 2.21. The quantitative estimate of drug-likeness (QED) is 0.649. The molecule has 0 aliphatic carbocycles. The van der Waals surface area contributed by atoms with Crippen LogP contribution in [-0.4, -0.2) is 14.5 Å². The molecule has 18 heavy (non-hydrogen) atoms. The van der Waals surface area contributed by atoms with E-state index < -0.39 is 0 Å². The second-order valence-corrected chi connectivity index (χ2v) is 4.64. The molecule has 0 bridgehead atoms. The van der Waals surface area contributed by atoms with Gasteiger partial charge >= 0.3 is 0 Å². The summed E-state index contributed by atoms with van der Waals surface area (Å²) in [6, 6.07) is 10.1. The van der Waals surface area contributed by atoms with E-state index in [0.717, 1.165) is 28.7 Å². The molecule has 2 heterocycles. The molecule has 0 aliphatic rings. The van der Waals surface area contributed by atoms with Crippen LogP contribution in [0.5, 0.6) is 0 Å². The van der Waals surface area contributed by atoms with Gasteiger partial charge in [-0.25, -0.2) is 9.97 Å². The molecular weight excluding hydrogens is 222 g/mol. The van der Waals surface area contributed by atoms with Gasteiger partial charge < -0.3 is 4.57 Å². The number of benzene rings is 1. The Morgan fingerprint density at radius 3 is 2.50 bits per heavy atom. The van der Waals surface area contributed by atoms with Crippen LogP contribution >= 0.6 is 0 Å². The highest BCUT2D eigenvalue weighted by atomic mass is 15.0. The van der Waals surface area contributed by atoms with Crippen molar-refractivity contribution < 1.29 is 0 Å². The maximum atomic E-state index is 4.72. The number of fused-ring (bicyclic) bond motifs is 2. The maximum absolute atomic E-state index is 4.72. The van der Waals surface area contributed by atoms with Gasteiger partial charge in [0.25, 0.3) is 0 Å². The third kappa shape index (κ3) is 1.96. The SMILES string of the molecule is CCCCCn1ccc2nc3ccccc3nc21. The highest BCUT2D eigenvalue weighted by molar-refractivity contribution is 5.84. The molecule has 0 spiro atoms. The Labute approximate surface area is 106 Å². The summed E-state index contributed by atoms with van der Waals surface area (Å²) in [5.74, 6) is 0. The van der Waals surface area contributed by atoms with Crippen LogP contribution in [0, 0.1) is 0 Å². The van der Waals surface area contributed by atoms with Gasteiger partial charge in [-0.3, -0.25) is 0 Å². The van der Waals surface area contributed by atoms with E-state index in [2.05, 4.69) is 28.7 Å². The number of nitrogens with zero attached hydrogens (tertiary/aromatic N) is 3. The van der Waals surface area contributed by atoms with Crippen LogP contribution in [0.2, 0.25) is 0 Å². The first-order chi connectivity index (χ1) is 8.88. The van der Waals surface area contributed by atoms with Crippen molar-refractivity contribution in [3.05, 3.63) is 36.5 Å². The minimum Gasteiger partial charge on any atom is -0.331 e. The molecule has 0 radical (unpaired) electrons. The zero-order chi connectivity index (χ0) is 12.4. The third-order valence-electron chi connectivity index (χ3n) is 3.27. The Morgan fingerprint density at radius 2 is 1.72 bits per heavy atom. The van der Waals surface area contributed by atoms with E-state index in [9.17, 15) is 0 Å². The molecule has 2 aromatic heterocycles. The van der Waals surface area contributed by atoms with E-state index in [1.165, 1.54) is 19.3 Å². The first kappa shape index (κ1) is 11.2. The van der Waals surface area contributed by atoms with Crippen molar-refractivity contribution in [3.63, 3.8) is 0 Å². The predicted octanol–water partition coefficient (Wildman–Crippen LogP) is 3.77. The molecule has 3 nitrogen and oxygen atoms in total. The first-order valence-corrected chi connectivity index (χ1v) is 6.60. The van der Waals surface area contributed by atoms with Gasteiger partial charge in [0.1, 0.15) is 5.52 Å². The Balaban J connectivity index is 2.03. The van der Waals surface area contributed by atoms with E-state index in [-0.39, 0.29) is 0 Å². The minimum atomic E-state index is 0.969. The second kappa shape index (κ2) is 4.77. The van der Waals surface area contributed by atoms with Crippen molar-refractivity contribution in [3.8, 4) is 0 Å². The summed E-state index contributed by atoms with van der Waals surface area (Å²) >= 11 is 0. The molecule has 0 fully saturated rings. The van der Waals surface area contributed by atoms with E-state index in [1.54, 1.807) is 0 Å². The van der Waals surface area contributed by atoms with Gasteiger partial charge in [-0.1, -0.05) is 31.9 Å². The second-order valence-electron chi connectivity index (χ2n) is 4.64. The molecule has 1 aromatic carbocycles. The molecule has 3 aromatic rings. The van der Waals surface area contributed by atoms with Crippen LogP contribution in [0.4, 0.5) is 0 Å². The zero-order valence-corrected chi connectivity index (χ0v) is 10.6. The molecular formula is C15H17N3. The average Bonchev–Trinajstić information content (AvgIpc) is 2.79. The van der Waals surface area contributed by atoms with Gasteiger partial charge in [-0.15, -0.1) is 0 Å². The van der Waals surface area contributed by atoms with Crippen LogP contribution < -0.4 is 0 Å². The van der Waals surface area contributed by atoms with Crippen LogP contribution in [-0.2, 0) is 6.54 Å². The number of hydrogen-bond donors (Lipinski definition) is 0. The van der Waals surface area contributed by atoms with Crippen LogP contribution in [0.3, 0.4) is 0 Å². The van der Waals surface area contributed by atoms with E-state index in [0.29, 0.717) is 0 Å². The fraction of sp³-hybridized carbons (Fsp3) is 0.333. The van der Waals surface area contributed by atoms with Gasteiger partial charge in [0.05, 0.1) is 11.0 Å². The van der Waals surface area contributed by atoms with Gasteiger partial charge in [0, 0.05) is 12.7 Å². The fourth-order valence-electron chi connectivity index (χ4n) is 2.27. The molecule has 0 atom stereocenters. The Morgan fingerprint density at radius 1 is 0.944 bits per heavy atom. The van der Waals surface area contributed by atoms with Gasteiger partial charge in [0.2, 0.25) is 0 Å². The molecule has 0 amide bonds. The van der Waals surface area contributed by atoms with Gasteiger partial charge in [0.15, 0.2) is 5.65 Å². The van der Waals surface area contributed by atoms with Crippen LogP contribution in [0.1, 0.15) is 26.2 Å². The molecule has 0 unspecified atom stereocenters. The number of rotatable bonds is 4. The summed E-state index contributed by atoms with van der Waals surface area (Å²) in [5, 5.41) is 0. The Kier molecular flexibility index (Phi) is 2.97. The van der Waals surface area contributed by atoms with E-state index >= 15 is 0 Å². The van der Waals surface area contributed by atoms with E-state index in [4.69, 9.17) is 4.98 Å². The fourth-order valence-corrected chi connectivity index (χ4v) is 2.27. The van der Waals surface area contributed by atoms with Crippen molar-refractivity contribution in [2.75, 3.05) is 0 Å². The predicted molar refractivity (Wildman–Crippen MR) is 74.6 cm³/mol. The lowest BCUT2D eigenvalue weighted by Gasteiger charge is -2.04. The van der Waals surface area contributed by atoms with E-state index in [1.807, 2.05) is 24.3 Å². The molecule has 92 valence electrons. The smallest absolute Gasteiger partial charge is 0.159 e. The summed E-state index contributed by atoms with van der Waals surface area (Å²) in [5.41, 5.74) is 3.94. The first-order valence-electron chi connectivity index (χ1n) is 6.60. The monoisotopic (exact) mass is 239 g/mol. The zero-order valence-electron chi connectivity index (χ0n) is 10.6. The molecule has 0 saturated heterocycles. The number of aryl methyl sites for hydroxylation is 1. The largest absolute Gasteiger partial charge is 0.331 e. The van der Waals surface area contributed by atoms with Crippen molar-refractivity contribution in [2.45, 2.75) is 32.7 Å². The molecule has 0 aliphatic heterocycles. The lowest BCUT2D eigenvalue weighted by molar-refractivity contribution is 0.614. The minimum absolute atomic E-state index is 0.969. The molecule has 0 saturated carbocycles. The number of unbranched alkanes of at least 4 members (excludes halogenated alkanes) is 2. The topological polar surface area (TPSA) is 30.7 Å². The lowest BCUT2D eigenvalue weighted by Crippen LogP contribution is -1.98. The van der Waals surface area contributed by atoms with Crippen LogP contribution in [0.25, 0.3) is 22.2 Å². The summed E-state index contributed by atoms with van der Waals surface area (Å²) in [6.45, 7) is 3.26. The summed E-state index contributed by atoms with van der Waals surface area (Å²) in [6.07, 6.45) is 5.81. The number of para-hydroxylation sites is 2. The maximum Gasteiger partial charge on any atom is 0.159 e. The highest BCUT2D eigenvalue weighted by Crippen LogP contribution is 2.17. The number of hydrogen-bond acceptors (Lipinski definition) is 2. The molecule has 3 heteroatoms. The summed E-state index contributed by atoms with van der Waals surface area (Å²) in [7, 11) is 0. The Hall–Kier alpha value is -1.90. The third-order valence-corrected chi connectivity index (χ3v) is 3.27. The van der Waals surface area contributed by atoms with Crippen molar-refractivity contribution >= 4 is 22.2 Å². The van der Waals surface area contributed by atoms with Crippen LogP contribution in [0.15, 0.2) is 36.5 Å². The normalized spacial score (nSPS) is 11.4. The van der Waals surface area contributed by atoms with Gasteiger partial charge in [-0.05, 0) is 24.6 Å². The van der Waals surface area contributed by atoms with Crippen molar-refractivity contribution in [2.24, 2.45) is 0 Å². The van der Waals surface area contributed by atoms with Gasteiger partial charge in [-0.2, -0.15) is 0 Å². The standard InChI is InChI=1S/C15H17N3/c1-2-3-6-10-18-11-9-14-15(18)17-13-8-5-4-7-12(13)16-14/h4-5,7-9,11H,2-3,6,10H2,1H3. The lowest BCUT2D eigenvalue weighted by atomic mass is 10.2. The average molecular weight is 239 g/mol. The Bertz CT molecular complexity index is 670. The van der Waals surface area contributed by atoms with Crippen molar-refractivity contribution in [1.29, 1.82) is 0 Å². The highest BCUT2D eigenvalue weighted by Gasteiger charge is 2.05.